The molecule has 2 aromatic rings. The number of fused-ring (bicyclic) bond motifs is 3. The van der Waals surface area contributed by atoms with Crippen LogP contribution in [-0.2, 0) is 11.3 Å². The summed E-state index contributed by atoms with van der Waals surface area (Å²) < 4.78 is 48.4. The van der Waals surface area contributed by atoms with Crippen LogP contribution in [0.3, 0.4) is 0 Å². The minimum Gasteiger partial charge on any atom is -0.374 e. The third-order valence-electron chi connectivity index (χ3n) is 6.12. The summed E-state index contributed by atoms with van der Waals surface area (Å²) in [6.07, 6.45) is -4.05. The summed E-state index contributed by atoms with van der Waals surface area (Å²) in [7, 11) is 0. The lowest BCUT2D eigenvalue weighted by atomic mass is 10.1. The average Bonchev–Trinajstić information content (AvgIpc) is 3.44. The number of carbonyl (C=O) groups excluding carboxylic acids is 1. The molecule has 8 nitrogen and oxygen atoms in total. The van der Waals surface area contributed by atoms with Gasteiger partial charge < -0.3 is 14.5 Å². The molecule has 0 aromatic carbocycles. The highest BCUT2D eigenvalue weighted by Gasteiger charge is 2.48. The molecular weight excluding hydrogens is 435 g/mol. The van der Waals surface area contributed by atoms with Crippen molar-refractivity contribution in [2.75, 3.05) is 29.5 Å². The summed E-state index contributed by atoms with van der Waals surface area (Å²) in [4.78, 5) is 37.3. The van der Waals surface area contributed by atoms with Crippen molar-refractivity contribution in [3.05, 3.63) is 32.5 Å². The van der Waals surface area contributed by atoms with E-state index in [2.05, 4.69) is 9.97 Å². The molecule has 0 saturated carbocycles. The second-order valence-corrected chi connectivity index (χ2v) is 8.92. The minimum absolute atomic E-state index is 0.0421. The Hall–Kier alpha value is -2.47. The highest BCUT2D eigenvalue weighted by atomic mass is 32.1. The molecule has 2 aromatic heterocycles. The molecule has 3 aliphatic heterocycles. The zero-order valence-electron chi connectivity index (χ0n) is 16.6. The molecule has 2 saturated heterocycles. The number of carbonyl (C=O) groups is 1. The molecule has 0 radical (unpaired) electrons. The minimum atomic E-state index is -4.57. The van der Waals surface area contributed by atoms with Crippen LogP contribution in [0.15, 0.2) is 16.4 Å². The van der Waals surface area contributed by atoms with Crippen LogP contribution in [0.1, 0.15) is 28.2 Å². The van der Waals surface area contributed by atoms with E-state index >= 15 is 0 Å². The van der Waals surface area contributed by atoms with Crippen molar-refractivity contribution >= 4 is 28.9 Å². The Morgan fingerprint density at radius 2 is 2.19 bits per heavy atom. The van der Waals surface area contributed by atoms with Gasteiger partial charge in [-0.2, -0.15) is 18.2 Å². The summed E-state index contributed by atoms with van der Waals surface area (Å²) in [5.74, 6) is -0.257. The maximum absolute atomic E-state index is 13.9. The lowest BCUT2D eigenvalue weighted by Gasteiger charge is -2.39. The van der Waals surface area contributed by atoms with Gasteiger partial charge in [0, 0.05) is 19.2 Å². The van der Waals surface area contributed by atoms with Gasteiger partial charge in [-0.15, -0.1) is 11.3 Å². The number of ether oxygens (including phenoxy) is 1. The second kappa shape index (κ2) is 7.30. The number of thiazole rings is 1. The zero-order valence-corrected chi connectivity index (χ0v) is 17.4. The molecule has 2 bridgehead atoms. The maximum atomic E-state index is 13.9. The normalized spacial score (nSPS) is 25.2. The molecule has 12 heteroatoms. The lowest BCUT2D eigenvalue weighted by Crippen LogP contribution is -2.54. The van der Waals surface area contributed by atoms with E-state index in [1.165, 1.54) is 16.1 Å². The van der Waals surface area contributed by atoms with Crippen molar-refractivity contribution in [1.82, 2.24) is 14.5 Å². The van der Waals surface area contributed by atoms with Crippen molar-refractivity contribution in [1.29, 1.82) is 0 Å². The van der Waals surface area contributed by atoms with Crippen LogP contribution in [0.2, 0.25) is 0 Å². The van der Waals surface area contributed by atoms with E-state index < -0.39 is 30.1 Å². The van der Waals surface area contributed by atoms with Crippen LogP contribution < -0.4 is 15.4 Å². The molecule has 5 heterocycles. The third kappa shape index (κ3) is 3.51. The van der Waals surface area contributed by atoms with E-state index in [0.717, 1.165) is 22.7 Å². The monoisotopic (exact) mass is 455 g/mol. The van der Waals surface area contributed by atoms with Gasteiger partial charge >= 0.3 is 6.18 Å². The van der Waals surface area contributed by atoms with Gasteiger partial charge in [0.2, 0.25) is 5.95 Å². The molecule has 31 heavy (non-hydrogen) atoms. The van der Waals surface area contributed by atoms with Crippen molar-refractivity contribution in [3.63, 3.8) is 0 Å². The third-order valence-corrected chi connectivity index (χ3v) is 7.09. The van der Waals surface area contributed by atoms with E-state index in [-0.39, 0.29) is 31.1 Å². The molecule has 3 atom stereocenters. The van der Waals surface area contributed by atoms with E-state index in [4.69, 9.17) is 4.74 Å². The van der Waals surface area contributed by atoms with E-state index in [1.54, 1.807) is 6.92 Å². The molecular formula is C19H20F3N5O3S. The Morgan fingerprint density at radius 3 is 2.81 bits per heavy atom. The number of rotatable bonds is 4. The van der Waals surface area contributed by atoms with E-state index in [0.29, 0.717) is 29.5 Å². The number of hydrogen-bond donors (Lipinski definition) is 0. The SMILES string of the molecule is Cc1ncsc1C(=O)CN1c2nc(N3CC4CC3CO4)cc(=O)n2CCC1C(F)(F)F. The van der Waals surface area contributed by atoms with Gasteiger partial charge in [0.15, 0.2) is 5.78 Å². The first-order valence-corrected chi connectivity index (χ1v) is 10.9. The lowest BCUT2D eigenvalue weighted by molar-refractivity contribution is -0.152. The largest absolute Gasteiger partial charge is 0.408 e. The molecule has 5 rings (SSSR count). The Morgan fingerprint density at radius 1 is 1.39 bits per heavy atom. The summed E-state index contributed by atoms with van der Waals surface area (Å²) in [6.45, 7) is 2.05. The van der Waals surface area contributed by atoms with E-state index in [1.807, 2.05) is 4.90 Å². The van der Waals surface area contributed by atoms with E-state index in [9.17, 15) is 22.8 Å². The molecule has 0 aliphatic carbocycles. The molecule has 2 fully saturated rings. The van der Waals surface area contributed by atoms with Gasteiger partial charge in [0.25, 0.3) is 5.56 Å². The van der Waals surface area contributed by atoms with Gasteiger partial charge in [-0.25, -0.2) is 4.98 Å². The van der Waals surface area contributed by atoms with Gasteiger partial charge in [0.05, 0.1) is 41.4 Å². The van der Waals surface area contributed by atoms with Gasteiger partial charge in [0.1, 0.15) is 11.9 Å². The summed E-state index contributed by atoms with van der Waals surface area (Å²) in [5.41, 5.74) is 1.54. The van der Waals surface area contributed by atoms with Crippen molar-refractivity contribution in [2.45, 2.75) is 50.7 Å². The molecule has 3 unspecified atom stereocenters. The quantitative estimate of drug-likeness (QED) is 0.653. The number of ketones is 1. The fourth-order valence-corrected chi connectivity index (χ4v) is 5.34. The van der Waals surface area contributed by atoms with Crippen molar-refractivity contribution in [3.8, 4) is 0 Å². The Bertz CT molecular complexity index is 1080. The number of aryl methyl sites for hydroxylation is 1. The number of Topliss-reactive ketones (excluding diaryl/α,β-unsaturated/α-hetero) is 1. The number of anilines is 2. The predicted octanol–water partition coefficient (Wildman–Crippen LogP) is 2.01. The topological polar surface area (TPSA) is 80.6 Å². The smallest absolute Gasteiger partial charge is 0.374 e. The molecule has 0 spiro atoms. The standard InChI is InChI=1S/C19H20F3N5O3S/c1-10-17(31-9-23-10)13(28)7-27-14(19(20,21)22)2-3-25-16(29)5-15(24-18(25)27)26-6-12-4-11(26)8-30-12/h5,9,11-12,14H,2-4,6-8H2,1H3. The molecule has 0 N–H and O–H groups in total. The van der Waals surface area contributed by atoms with Gasteiger partial charge in [-0.3, -0.25) is 14.2 Å². The number of hydrogen-bond acceptors (Lipinski definition) is 8. The highest BCUT2D eigenvalue weighted by Crippen LogP contribution is 2.36. The predicted molar refractivity (Wildman–Crippen MR) is 107 cm³/mol. The Labute approximate surface area is 179 Å². The average molecular weight is 455 g/mol. The first-order valence-electron chi connectivity index (χ1n) is 9.99. The summed E-state index contributed by atoms with van der Waals surface area (Å²) in [5, 5.41) is 0. The Balaban J connectivity index is 1.55. The fourth-order valence-electron chi connectivity index (χ4n) is 4.60. The van der Waals surface area contributed by atoms with Crippen molar-refractivity contribution in [2.24, 2.45) is 0 Å². The highest BCUT2D eigenvalue weighted by molar-refractivity contribution is 7.12. The number of halogens is 3. The van der Waals surface area contributed by atoms with Crippen LogP contribution in [0, 0.1) is 6.92 Å². The number of aromatic nitrogens is 3. The maximum Gasteiger partial charge on any atom is 0.408 e. The van der Waals surface area contributed by atoms with Crippen LogP contribution in [0.25, 0.3) is 0 Å². The number of alkyl halides is 3. The number of morpholine rings is 1. The van der Waals surface area contributed by atoms with Crippen LogP contribution in [-0.4, -0.2) is 64.4 Å². The molecule has 3 aliphatic rings. The molecule has 0 amide bonds. The van der Waals surface area contributed by atoms with Crippen LogP contribution in [0.4, 0.5) is 24.9 Å². The number of nitrogens with zero attached hydrogens (tertiary/aromatic N) is 5. The molecule has 166 valence electrons. The Kier molecular flexibility index (Phi) is 4.81. The van der Waals surface area contributed by atoms with Gasteiger partial charge in [-0.05, 0) is 19.8 Å². The summed E-state index contributed by atoms with van der Waals surface area (Å²) >= 11 is 1.09. The summed E-state index contributed by atoms with van der Waals surface area (Å²) in [6, 6.07) is -0.479. The first kappa shape index (κ1) is 20.4. The fraction of sp³-hybridized carbons (Fsp3) is 0.579. The van der Waals surface area contributed by atoms with Crippen molar-refractivity contribution < 1.29 is 22.7 Å². The van der Waals surface area contributed by atoms with Gasteiger partial charge in [-0.1, -0.05) is 0 Å². The zero-order chi connectivity index (χ0) is 21.9. The van der Waals surface area contributed by atoms with Crippen LogP contribution in [0.5, 0.6) is 0 Å². The first-order chi connectivity index (χ1) is 14.7. The van der Waals surface area contributed by atoms with Crippen LogP contribution >= 0.6 is 11.3 Å². The second-order valence-electron chi connectivity index (χ2n) is 8.07.